The molecule has 2 aliphatic rings. The van der Waals surface area contributed by atoms with Crippen LogP contribution in [0.4, 0.5) is 0 Å². The van der Waals surface area contributed by atoms with Crippen molar-refractivity contribution < 1.29 is 28.9 Å². The van der Waals surface area contributed by atoms with Crippen molar-refractivity contribution in [2.45, 2.75) is 6.04 Å². The Kier molecular flexibility index (Phi) is 6.96. The third kappa shape index (κ3) is 4.72. The van der Waals surface area contributed by atoms with Crippen LogP contribution in [0, 0.1) is 0 Å². The molecule has 0 spiro atoms. The van der Waals surface area contributed by atoms with Crippen LogP contribution in [0.2, 0.25) is 0 Å². The van der Waals surface area contributed by atoms with E-state index in [0.29, 0.717) is 48.9 Å². The molecule has 2 fully saturated rings. The smallest absolute Gasteiger partial charge is 0.295 e. The fraction of sp³-hybridized carbons (Fsp3) is 0.360. The first-order chi connectivity index (χ1) is 16.0. The van der Waals surface area contributed by atoms with Crippen molar-refractivity contribution in [2.24, 2.45) is 0 Å². The van der Waals surface area contributed by atoms with E-state index in [1.165, 1.54) is 0 Å². The Morgan fingerprint density at radius 1 is 1.00 bits per heavy atom. The highest BCUT2D eigenvalue weighted by atomic mass is 16.5. The number of aliphatic hydroxyl groups excluding tert-OH is 1. The number of carbonyl (C=O) groups is 2. The van der Waals surface area contributed by atoms with E-state index in [0.717, 1.165) is 13.1 Å². The van der Waals surface area contributed by atoms with Crippen molar-refractivity contribution in [1.82, 2.24) is 9.80 Å². The molecular weight excluding hydrogens is 424 g/mol. The number of likely N-dealkylation sites (tertiary alicyclic amines) is 1. The minimum atomic E-state index is -0.719. The zero-order valence-electron chi connectivity index (χ0n) is 18.8. The first-order valence-electron chi connectivity index (χ1n) is 10.9. The lowest BCUT2D eigenvalue weighted by molar-refractivity contribution is -0.140. The number of Topliss-reactive ketones (excluding diaryl/α,β-unsaturated/α-hetero) is 1. The number of methoxy groups -OCH3 is 2. The highest BCUT2D eigenvalue weighted by molar-refractivity contribution is 6.46. The summed E-state index contributed by atoms with van der Waals surface area (Å²) in [4.78, 5) is 30.0. The number of aliphatic hydroxyl groups is 1. The monoisotopic (exact) mass is 452 g/mol. The SMILES string of the molecule is COc1ccc(C(O)=C2C(=O)C(=O)N(CCN3CCOCC3)[C@H]2c2cccc(OC)c2)cc1. The van der Waals surface area contributed by atoms with Gasteiger partial charge >= 0.3 is 0 Å². The van der Waals surface area contributed by atoms with Gasteiger partial charge in [-0.15, -0.1) is 0 Å². The van der Waals surface area contributed by atoms with Gasteiger partial charge in [-0.05, 0) is 42.0 Å². The summed E-state index contributed by atoms with van der Waals surface area (Å²) in [5, 5.41) is 11.1. The fourth-order valence-corrected chi connectivity index (χ4v) is 4.25. The summed E-state index contributed by atoms with van der Waals surface area (Å²) in [6.07, 6.45) is 0. The normalized spacial score (nSPS) is 20.8. The second-order valence-electron chi connectivity index (χ2n) is 7.95. The number of ether oxygens (including phenoxy) is 3. The maximum absolute atomic E-state index is 13.1. The highest BCUT2D eigenvalue weighted by Crippen LogP contribution is 2.40. The van der Waals surface area contributed by atoms with Gasteiger partial charge in [0.25, 0.3) is 11.7 Å². The molecule has 1 N–H and O–H groups in total. The molecule has 0 saturated carbocycles. The number of carbonyl (C=O) groups excluding carboxylic acids is 2. The number of hydrogen-bond acceptors (Lipinski definition) is 7. The number of hydrogen-bond donors (Lipinski definition) is 1. The van der Waals surface area contributed by atoms with Gasteiger partial charge in [0.1, 0.15) is 17.3 Å². The topological polar surface area (TPSA) is 88.5 Å². The van der Waals surface area contributed by atoms with Crippen LogP contribution < -0.4 is 9.47 Å². The molecule has 2 saturated heterocycles. The summed E-state index contributed by atoms with van der Waals surface area (Å²) < 4.78 is 15.9. The number of morpholine rings is 1. The third-order valence-electron chi connectivity index (χ3n) is 6.07. The number of nitrogens with zero attached hydrogens (tertiary/aromatic N) is 2. The number of benzene rings is 2. The largest absolute Gasteiger partial charge is 0.507 e. The first-order valence-corrected chi connectivity index (χ1v) is 10.9. The average Bonchev–Trinajstić information content (AvgIpc) is 3.12. The van der Waals surface area contributed by atoms with Gasteiger partial charge in [-0.3, -0.25) is 14.5 Å². The Balaban J connectivity index is 1.74. The van der Waals surface area contributed by atoms with Crippen molar-refractivity contribution in [3.05, 3.63) is 65.2 Å². The molecule has 0 bridgehead atoms. The number of amides is 1. The molecule has 0 unspecified atom stereocenters. The molecule has 2 aromatic rings. The van der Waals surface area contributed by atoms with Crippen LogP contribution in [0.1, 0.15) is 17.2 Å². The summed E-state index contributed by atoms with van der Waals surface area (Å²) >= 11 is 0. The quantitative estimate of drug-likeness (QED) is 0.392. The number of rotatable bonds is 7. The van der Waals surface area contributed by atoms with Crippen LogP contribution in [0.3, 0.4) is 0 Å². The zero-order valence-corrected chi connectivity index (χ0v) is 18.8. The van der Waals surface area contributed by atoms with Gasteiger partial charge in [-0.1, -0.05) is 12.1 Å². The standard InChI is InChI=1S/C25H28N2O6/c1-31-19-8-6-17(7-9-19)23(28)21-22(18-4-3-5-20(16-18)32-2)27(25(30)24(21)29)11-10-26-12-14-33-15-13-26/h3-9,16,22,28H,10-15H2,1-2H3/t22-/m0/s1. The Morgan fingerprint density at radius 2 is 1.70 bits per heavy atom. The summed E-state index contributed by atoms with van der Waals surface area (Å²) in [7, 11) is 3.11. The summed E-state index contributed by atoms with van der Waals surface area (Å²) in [5.41, 5.74) is 1.21. The molecular formula is C25H28N2O6. The molecule has 33 heavy (non-hydrogen) atoms. The minimum absolute atomic E-state index is 0.0698. The van der Waals surface area contributed by atoms with Gasteiger partial charge in [0.15, 0.2) is 0 Å². The summed E-state index contributed by atoms with van der Waals surface area (Å²) in [5.74, 6) is -0.292. The molecule has 0 aliphatic carbocycles. The van der Waals surface area contributed by atoms with E-state index in [9.17, 15) is 14.7 Å². The molecule has 174 valence electrons. The summed E-state index contributed by atoms with van der Waals surface area (Å²) in [6.45, 7) is 3.82. The van der Waals surface area contributed by atoms with Crippen LogP contribution in [-0.2, 0) is 14.3 Å². The lowest BCUT2D eigenvalue weighted by Gasteiger charge is -2.31. The fourth-order valence-electron chi connectivity index (χ4n) is 4.25. The van der Waals surface area contributed by atoms with Gasteiger partial charge in [-0.2, -0.15) is 0 Å². The molecule has 4 rings (SSSR count). The van der Waals surface area contributed by atoms with Gasteiger partial charge in [-0.25, -0.2) is 0 Å². The molecule has 0 radical (unpaired) electrons. The maximum atomic E-state index is 13.1. The maximum Gasteiger partial charge on any atom is 0.295 e. The predicted molar refractivity (Wildman–Crippen MR) is 122 cm³/mol. The van der Waals surface area contributed by atoms with E-state index in [1.807, 2.05) is 12.1 Å². The first kappa shape index (κ1) is 22.8. The lowest BCUT2D eigenvalue weighted by Crippen LogP contribution is -2.42. The second-order valence-corrected chi connectivity index (χ2v) is 7.95. The Bertz CT molecular complexity index is 1040. The molecule has 1 atom stereocenters. The Morgan fingerprint density at radius 3 is 2.36 bits per heavy atom. The van der Waals surface area contributed by atoms with Crippen LogP contribution in [0.5, 0.6) is 11.5 Å². The molecule has 8 nitrogen and oxygen atoms in total. The average molecular weight is 453 g/mol. The molecule has 1 amide bonds. The van der Waals surface area contributed by atoms with Gasteiger partial charge in [0, 0.05) is 31.7 Å². The van der Waals surface area contributed by atoms with Gasteiger partial charge in [0.2, 0.25) is 0 Å². The molecule has 2 aromatic carbocycles. The van der Waals surface area contributed by atoms with E-state index in [1.54, 1.807) is 55.5 Å². The van der Waals surface area contributed by atoms with Crippen molar-refractivity contribution in [3.63, 3.8) is 0 Å². The number of ketones is 1. The zero-order chi connectivity index (χ0) is 23.4. The molecule has 0 aromatic heterocycles. The Hall–Kier alpha value is -3.36. The van der Waals surface area contributed by atoms with E-state index >= 15 is 0 Å². The second kappa shape index (κ2) is 10.1. The highest BCUT2D eigenvalue weighted by Gasteiger charge is 2.46. The lowest BCUT2D eigenvalue weighted by atomic mass is 9.95. The van der Waals surface area contributed by atoms with E-state index in [-0.39, 0.29) is 11.3 Å². The van der Waals surface area contributed by atoms with Crippen molar-refractivity contribution in [2.75, 3.05) is 53.6 Å². The molecule has 2 heterocycles. The Labute approximate surface area is 193 Å². The minimum Gasteiger partial charge on any atom is -0.507 e. The van der Waals surface area contributed by atoms with Crippen LogP contribution in [-0.4, -0.2) is 80.2 Å². The van der Waals surface area contributed by atoms with Crippen LogP contribution in [0.25, 0.3) is 5.76 Å². The van der Waals surface area contributed by atoms with Crippen molar-refractivity contribution in [3.8, 4) is 11.5 Å². The van der Waals surface area contributed by atoms with Gasteiger partial charge in [0.05, 0.1) is 39.0 Å². The van der Waals surface area contributed by atoms with Crippen molar-refractivity contribution >= 4 is 17.4 Å². The van der Waals surface area contributed by atoms with Crippen molar-refractivity contribution in [1.29, 1.82) is 0 Å². The van der Waals surface area contributed by atoms with E-state index < -0.39 is 17.7 Å². The molecule has 2 aliphatic heterocycles. The third-order valence-corrected chi connectivity index (χ3v) is 6.07. The van der Waals surface area contributed by atoms with E-state index in [4.69, 9.17) is 14.2 Å². The predicted octanol–water partition coefficient (Wildman–Crippen LogP) is 2.46. The summed E-state index contributed by atoms with van der Waals surface area (Å²) in [6, 6.07) is 13.2. The van der Waals surface area contributed by atoms with E-state index in [2.05, 4.69) is 4.90 Å². The van der Waals surface area contributed by atoms with Crippen LogP contribution in [0.15, 0.2) is 54.1 Å². The van der Waals surface area contributed by atoms with Gasteiger partial charge < -0.3 is 24.2 Å². The van der Waals surface area contributed by atoms with Crippen LogP contribution >= 0.6 is 0 Å². The molecule has 8 heteroatoms.